The summed E-state index contributed by atoms with van der Waals surface area (Å²) >= 11 is 3.36. The Bertz CT molecular complexity index is 1120. The SMILES string of the molecule is Br.Br.Br.Br.Br.Br.Br.Br.C[N+](C)(C)CCC[n+]1ccc(-c2nc3sc(-c4cc[n+](CCC[N+](C)(C)C)cc4)nc3s2)cc1. The highest BCUT2D eigenvalue weighted by molar-refractivity contribution is 8.93. The lowest BCUT2D eigenvalue weighted by atomic mass is 10.3. The van der Waals surface area contributed by atoms with Crippen LogP contribution in [0.1, 0.15) is 12.8 Å². The van der Waals surface area contributed by atoms with Gasteiger partial charge in [0.2, 0.25) is 0 Å². The van der Waals surface area contributed by atoms with Crippen molar-refractivity contribution in [1.29, 1.82) is 0 Å². The highest BCUT2D eigenvalue weighted by Crippen LogP contribution is 2.36. The summed E-state index contributed by atoms with van der Waals surface area (Å²) < 4.78 is 6.53. The van der Waals surface area contributed by atoms with Gasteiger partial charge in [0.15, 0.2) is 47.5 Å². The van der Waals surface area contributed by atoms with E-state index in [1.807, 2.05) is 0 Å². The van der Waals surface area contributed by atoms with Crippen LogP contribution in [0.15, 0.2) is 49.1 Å². The number of thiazole rings is 2. The Morgan fingerprint density at radius 3 is 1.07 bits per heavy atom. The Labute approximate surface area is 343 Å². The number of hydrogen-bond donors (Lipinski definition) is 0. The van der Waals surface area contributed by atoms with Gasteiger partial charge < -0.3 is 8.97 Å². The Kier molecular flexibility index (Phi) is 30.1. The van der Waals surface area contributed by atoms with Crippen LogP contribution in [-0.2, 0) is 13.1 Å². The molecule has 4 rings (SSSR count). The van der Waals surface area contributed by atoms with Crippen molar-refractivity contribution >= 4 is 168 Å². The van der Waals surface area contributed by atoms with E-state index in [0.29, 0.717) is 0 Å². The largest absolute Gasteiger partial charge is 0.331 e. The molecule has 0 atom stereocenters. The molecule has 16 heteroatoms. The van der Waals surface area contributed by atoms with Crippen LogP contribution in [-0.4, -0.2) is 74.3 Å². The summed E-state index contributed by atoms with van der Waals surface area (Å²) in [7, 11) is 13.4. The molecule has 0 N–H and O–H groups in total. The molecule has 0 aromatic carbocycles. The maximum absolute atomic E-state index is 4.89. The van der Waals surface area contributed by atoms with E-state index in [1.165, 1.54) is 25.9 Å². The van der Waals surface area contributed by atoms with E-state index < -0.39 is 0 Å². The molecular formula is C26H46Br8N6S2+4. The van der Waals surface area contributed by atoms with Crippen LogP contribution in [0.25, 0.3) is 30.8 Å². The van der Waals surface area contributed by atoms with Gasteiger partial charge in [-0.1, -0.05) is 22.7 Å². The van der Waals surface area contributed by atoms with Gasteiger partial charge in [-0.25, -0.2) is 19.1 Å². The van der Waals surface area contributed by atoms with Gasteiger partial charge in [-0.2, -0.15) is 0 Å². The predicted octanol–water partition coefficient (Wildman–Crippen LogP) is 8.48. The van der Waals surface area contributed by atoms with Gasteiger partial charge in [0, 0.05) is 35.4 Å². The summed E-state index contributed by atoms with van der Waals surface area (Å²) in [6.45, 7) is 4.42. The van der Waals surface area contributed by atoms with Crippen LogP contribution in [0.2, 0.25) is 0 Å². The first-order valence-corrected chi connectivity index (χ1v) is 13.6. The maximum Gasteiger partial charge on any atom is 0.169 e. The molecule has 0 spiro atoms. The predicted molar refractivity (Wildman–Crippen MR) is 224 cm³/mol. The van der Waals surface area contributed by atoms with Crippen molar-refractivity contribution in [2.75, 3.05) is 55.4 Å². The lowest BCUT2D eigenvalue weighted by Gasteiger charge is -2.22. The second-order valence-electron chi connectivity index (χ2n) is 11.0. The van der Waals surface area contributed by atoms with Gasteiger partial charge in [-0.3, -0.25) is 0 Å². The molecule has 0 saturated carbocycles. The van der Waals surface area contributed by atoms with Crippen LogP contribution in [0.5, 0.6) is 0 Å². The van der Waals surface area contributed by atoms with Crippen LogP contribution in [0, 0.1) is 0 Å². The molecule has 0 aliphatic carbocycles. The van der Waals surface area contributed by atoms with Crippen molar-refractivity contribution in [2.24, 2.45) is 0 Å². The molecule has 0 aliphatic heterocycles. The molecule has 0 radical (unpaired) electrons. The summed E-state index contributed by atoms with van der Waals surface area (Å²) in [5.74, 6) is 0. The molecule has 6 nitrogen and oxygen atoms in total. The van der Waals surface area contributed by atoms with Crippen LogP contribution in [0.3, 0.4) is 0 Å². The van der Waals surface area contributed by atoms with Crippen LogP contribution >= 0.6 is 159 Å². The van der Waals surface area contributed by atoms with Crippen molar-refractivity contribution in [3.8, 4) is 21.1 Å². The number of aryl methyl sites for hydroxylation is 2. The van der Waals surface area contributed by atoms with E-state index in [-0.39, 0.29) is 136 Å². The van der Waals surface area contributed by atoms with Crippen molar-refractivity contribution in [2.45, 2.75) is 25.9 Å². The third-order valence-electron chi connectivity index (χ3n) is 5.74. The second kappa shape index (κ2) is 23.8. The Hall–Kier alpha value is 1.58. The molecule has 4 aromatic heterocycles. The molecule has 0 fully saturated rings. The zero-order valence-electron chi connectivity index (χ0n) is 24.6. The number of halogens is 8. The van der Waals surface area contributed by atoms with Gasteiger partial charge in [0.05, 0.1) is 68.2 Å². The van der Waals surface area contributed by atoms with E-state index in [9.17, 15) is 0 Å². The first kappa shape index (κ1) is 53.1. The van der Waals surface area contributed by atoms with Gasteiger partial charge in [0.1, 0.15) is 10.0 Å². The van der Waals surface area contributed by atoms with Crippen molar-refractivity contribution in [3.63, 3.8) is 0 Å². The minimum atomic E-state index is 0. The van der Waals surface area contributed by atoms with E-state index in [2.05, 4.69) is 100 Å². The normalized spacial score (nSPS) is 10.1. The fraction of sp³-hybridized carbons (Fsp3) is 0.462. The molecule has 42 heavy (non-hydrogen) atoms. The first-order valence-electron chi connectivity index (χ1n) is 11.9. The average Bonchev–Trinajstić information content (AvgIpc) is 3.32. The quantitative estimate of drug-likeness (QED) is 0.118. The lowest BCUT2D eigenvalue weighted by molar-refractivity contribution is -0.873. The van der Waals surface area contributed by atoms with Crippen LogP contribution in [0.4, 0.5) is 0 Å². The summed E-state index contributed by atoms with van der Waals surface area (Å²) in [5.41, 5.74) is 2.32. The fourth-order valence-corrected chi connectivity index (χ4v) is 5.90. The van der Waals surface area contributed by atoms with Gasteiger partial charge >= 0.3 is 0 Å². The zero-order chi connectivity index (χ0) is 24.3. The molecule has 0 unspecified atom stereocenters. The standard InChI is InChI=1S/C26H38N6S2.8BrH/c1-31(2,3)19-7-13-29-15-9-21(10-16-29)23-27-25-26(33-23)28-24(34-25)22-11-17-30(18-12-22)14-8-20-32(4,5)6;;;;;;;;/h9-12,15-18H,7-8,13-14,19-20H2,1-6H3;8*1H/q+4;;;;;;;;. The number of pyridine rings is 2. The average molecular weight is 1150 g/mol. The molecule has 0 bridgehead atoms. The Morgan fingerprint density at radius 2 is 0.810 bits per heavy atom. The summed E-state index contributed by atoms with van der Waals surface area (Å²) in [6, 6.07) is 8.68. The van der Waals surface area contributed by atoms with E-state index >= 15 is 0 Å². The Balaban J connectivity index is -0.000000570. The smallest absolute Gasteiger partial charge is 0.169 e. The highest BCUT2D eigenvalue weighted by atomic mass is 79.9. The zero-order valence-corrected chi connectivity index (χ0v) is 40.0. The van der Waals surface area contributed by atoms with Gasteiger partial charge in [0.25, 0.3) is 0 Å². The summed E-state index contributed by atoms with van der Waals surface area (Å²) in [6.07, 6.45) is 11.0. The first-order chi connectivity index (χ1) is 16.1. The number of hydrogen-bond acceptors (Lipinski definition) is 4. The third kappa shape index (κ3) is 16.9. The van der Waals surface area contributed by atoms with Gasteiger partial charge in [-0.05, 0) is 0 Å². The van der Waals surface area contributed by atoms with Crippen LogP contribution < -0.4 is 9.13 Å². The second-order valence-corrected chi connectivity index (χ2v) is 13.0. The summed E-state index contributed by atoms with van der Waals surface area (Å²) in [5, 5.41) is 2.09. The minimum Gasteiger partial charge on any atom is -0.331 e. The number of fused-ring (bicyclic) bond motifs is 1. The van der Waals surface area contributed by atoms with Gasteiger partial charge in [-0.15, -0.1) is 136 Å². The fourth-order valence-electron chi connectivity index (χ4n) is 3.84. The number of rotatable bonds is 10. The lowest BCUT2D eigenvalue weighted by Crippen LogP contribution is -2.39. The van der Waals surface area contributed by atoms with Crippen molar-refractivity contribution in [3.05, 3.63) is 49.1 Å². The molecular weight excluding hydrogens is 1100 g/mol. The highest BCUT2D eigenvalue weighted by Gasteiger charge is 2.16. The minimum absolute atomic E-state index is 0. The molecule has 4 heterocycles. The molecule has 0 saturated heterocycles. The molecule has 0 amide bonds. The molecule has 4 aromatic rings. The number of quaternary nitrogens is 2. The number of nitrogens with zero attached hydrogens (tertiary/aromatic N) is 6. The van der Waals surface area contributed by atoms with E-state index in [0.717, 1.165) is 52.9 Å². The number of aromatic nitrogens is 4. The Morgan fingerprint density at radius 1 is 0.524 bits per heavy atom. The van der Waals surface area contributed by atoms with Crippen molar-refractivity contribution in [1.82, 2.24) is 9.97 Å². The molecule has 0 aliphatic rings. The van der Waals surface area contributed by atoms with E-state index in [1.54, 1.807) is 22.7 Å². The maximum atomic E-state index is 4.89. The summed E-state index contributed by atoms with van der Waals surface area (Å²) in [4.78, 5) is 11.8. The topological polar surface area (TPSA) is 33.5 Å². The van der Waals surface area contributed by atoms with Crippen molar-refractivity contribution < 1.29 is 18.1 Å². The monoisotopic (exact) mass is 1140 g/mol. The molecule has 244 valence electrons. The van der Waals surface area contributed by atoms with E-state index in [4.69, 9.17) is 9.97 Å². The third-order valence-corrected chi connectivity index (χ3v) is 7.87.